The highest BCUT2D eigenvalue weighted by molar-refractivity contribution is 7.91. The first-order chi connectivity index (χ1) is 14.0. The van der Waals surface area contributed by atoms with E-state index >= 15 is 0 Å². The molecule has 8 heteroatoms. The highest BCUT2D eigenvalue weighted by atomic mass is 32.2. The van der Waals surface area contributed by atoms with Gasteiger partial charge in [0, 0.05) is 32.4 Å². The van der Waals surface area contributed by atoms with Crippen molar-refractivity contribution in [1.29, 1.82) is 0 Å². The zero-order valence-corrected chi connectivity index (χ0v) is 19.8. The van der Waals surface area contributed by atoms with Gasteiger partial charge in [0.25, 0.3) is 0 Å². The second kappa shape index (κ2) is 10.1. The van der Waals surface area contributed by atoms with Crippen LogP contribution in [-0.2, 0) is 21.8 Å². The molecule has 2 N–H and O–H groups in total. The highest BCUT2D eigenvalue weighted by Crippen LogP contribution is 2.23. The largest absolute Gasteiger partial charge is 0.356 e. The number of nitrogens with zero attached hydrogens (tertiary/aromatic N) is 3. The molecule has 1 aromatic carbocycles. The minimum atomic E-state index is -3.35. The molecule has 1 heterocycles. The average molecular weight is 434 g/mol. The number of benzene rings is 1. The van der Waals surface area contributed by atoms with Crippen molar-refractivity contribution in [3.8, 4) is 0 Å². The van der Waals surface area contributed by atoms with Crippen LogP contribution in [0.25, 0.3) is 0 Å². The quantitative estimate of drug-likeness (QED) is 0.380. The molecule has 0 bridgehead atoms. The molecule has 0 fully saturated rings. The lowest BCUT2D eigenvalue weighted by Gasteiger charge is -2.19. The third-order valence-electron chi connectivity index (χ3n) is 4.91. The van der Waals surface area contributed by atoms with Gasteiger partial charge in [0.2, 0.25) is 0 Å². The van der Waals surface area contributed by atoms with E-state index in [0.717, 1.165) is 36.5 Å². The Bertz CT molecular complexity index is 954. The summed E-state index contributed by atoms with van der Waals surface area (Å²) < 4.78 is 27.2. The summed E-state index contributed by atoms with van der Waals surface area (Å²) in [6, 6.07) is 9.24. The van der Waals surface area contributed by atoms with Gasteiger partial charge in [-0.05, 0) is 49.4 Å². The van der Waals surface area contributed by atoms with Gasteiger partial charge in [-0.15, -0.1) is 0 Å². The summed E-state index contributed by atoms with van der Waals surface area (Å²) in [4.78, 5) is 4.51. The SMILES string of the molecule is CN=C(NCCCn1nc(C)cc1C)NCCS(=O)(=O)c1ccc(C(C)(C)C)cc1. The molecule has 0 atom stereocenters. The second-order valence-corrected chi connectivity index (χ2v) is 10.6. The van der Waals surface area contributed by atoms with Gasteiger partial charge in [0.1, 0.15) is 0 Å². The van der Waals surface area contributed by atoms with E-state index in [0.29, 0.717) is 17.4 Å². The summed E-state index contributed by atoms with van der Waals surface area (Å²) >= 11 is 0. The summed E-state index contributed by atoms with van der Waals surface area (Å²) in [5, 5.41) is 10.7. The summed E-state index contributed by atoms with van der Waals surface area (Å²) in [5.41, 5.74) is 3.28. The van der Waals surface area contributed by atoms with Crippen LogP contribution in [0.4, 0.5) is 0 Å². The van der Waals surface area contributed by atoms with E-state index in [2.05, 4.69) is 47.6 Å². The Kier molecular flexibility index (Phi) is 8.06. The third-order valence-corrected chi connectivity index (χ3v) is 6.64. The second-order valence-electron chi connectivity index (χ2n) is 8.52. The van der Waals surface area contributed by atoms with E-state index in [-0.39, 0.29) is 11.2 Å². The minimum absolute atomic E-state index is 0.00303. The van der Waals surface area contributed by atoms with Crippen molar-refractivity contribution in [1.82, 2.24) is 20.4 Å². The van der Waals surface area contributed by atoms with Crippen molar-refractivity contribution in [3.05, 3.63) is 47.3 Å². The molecule has 30 heavy (non-hydrogen) atoms. The fourth-order valence-corrected chi connectivity index (χ4v) is 4.30. The average Bonchev–Trinajstić information content (AvgIpc) is 3.00. The van der Waals surface area contributed by atoms with Crippen LogP contribution in [0.5, 0.6) is 0 Å². The van der Waals surface area contributed by atoms with Crippen molar-refractivity contribution in [3.63, 3.8) is 0 Å². The molecule has 166 valence electrons. The van der Waals surface area contributed by atoms with Crippen LogP contribution >= 0.6 is 0 Å². The lowest BCUT2D eigenvalue weighted by molar-refractivity contribution is 0.555. The van der Waals surface area contributed by atoms with Gasteiger partial charge in [-0.3, -0.25) is 9.67 Å². The van der Waals surface area contributed by atoms with Crippen LogP contribution in [-0.4, -0.2) is 50.0 Å². The van der Waals surface area contributed by atoms with E-state index in [9.17, 15) is 8.42 Å². The molecule has 0 aliphatic rings. The van der Waals surface area contributed by atoms with E-state index in [1.165, 1.54) is 0 Å². The van der Waals surface area contributed by atoms with E-state index in [1.54, 1.807) is 19.2 Å². The molecular formula is C22H35N5O2S. The van der Waals surface area contributed by atoms with Crippen LogP contribution in [0.1, 0.15) is 44.1 Å². The summed E-state index contributed by atoms with van der Waals surface area (Å²) in [7, 11) is -1.67. The monoisotopic (exact) mass is 433 g/mol. The summed E-state index contributed by atoms with van der Waals surface area (Å²) in [6.45, 7) is 12.2. The van der Waals surface area contributed by atoms with Crippen LogP contribution < -0.4 is 10.6 Å². The van der Waals surface area contributed by atoms with E-state index < -0.39 is 9.84 Å². The van der Waals surface area contributed by atoms with Crippen molar-refractivity contribution >= 4 is 15.8 Å². The fraction of sp³-hybridized carbons (Fsp3) is 0.545. The zero-order chi connectivity index (χ0) is 22.4. The third kappa shape index (κ3) is 6.86. The number of nitrogens with one attached hydrogen (secondary N) is 2. The van der Waals surface area contributed by atoms with Crippen molar-refractivity contribution in [2.24, 2.45) is 4.99 Å². The minimum Gasteiger partial charge on any atom is -0.356 e. The zero-order valence-electron chi connectivity index (χ0n) is 19.0. The predicted molar refractivity (Wildman–Crippen MR) is 123 cm³/mol. The number of hydrogen-bond donors (Lipinski definition) is 2. The van der Waals surface area contributed by atoms with Gasteiger partial charge in [-0.1, -0.05) is 32.9 Å². The van der Waals surface area contributed by atoms with Crippen LogP contribution in [0.3, 0.4) is 0 Å². The Morgan fingerprint density at radius 1 is 1.10 bits per heavy atom. The van der Waals surface area contributed by atoms with Crippen molar-refractivity contribution in [2.75, 3.05) is 25.9 Å². The molecule has 1 aromatic heterocycles. The molecule has 0 radical (unpaired) electrons. The van der Waals surface area contributed by atoms with Gasteiger partial charge in [-0.25, -0.2) is 8.42 Å². The molecule has 2 rings (SSSR count). The fourth-order valence-electron chi connectivity index (χ4n) is 3.14. The maximum atomic E-state index is 12.6. The molecule has 2 aromatic rings. The van der Waals surface area contributed by atoms with E-state index in [1.807, 2.05) is 30.7 Å². The molecule has 0 unspecified atom stereocenters. The standard InChI is InChI=1S/C22H35N5O2S/c1-17-16-18(2)27(26-17)14-7-12-24-21(23-6)25-13-15-30(28,29)20-10-8-19(9-11-20)22(3,4)5/h8-11,16H,7,12-15H2,1-6H3,(H2,23,24,25). The van der Waals surface area contributed by atoms with Gasteiger partial charge < -0.3 is 10.6 Å². The number of sulfone groups is 1. The van der Waals surface area contributed by atoms with Gasteiger partial charge in [-0.2, -0.15) is 5.10 Å². The topological polar surface area (TPSA) is 88.4 Å². The Hall–Kier alpha value is -2.35. The predicted octanol–water partition coefficient (Wildman–Crippen LogP) is 2.83. The number of aliphatic imine (C=N–C) groups is 1. The number of aryl methyl sites for hydroxylation is 3. The van der Waals surface area contributed by atoms with Crippen LogP contribution in [0.15, 0.2) is 40.2 Å². The Labute approximate surface area is 180 Å². The Morgan fingerprint density at radius 2 is 1.73 bits per heavy atom. The smallest absolute Gasteiger partial charge is 0.191 e. The summed E-state index contributed by atoms with van der Waals surface area (Å²) in [5.74, 6) is 0.607. The first-order valence-electron chi connectivity index (χ1n) is 10.3. The summed E-state index contributed by atoms with van der Waals surface area (Å²) in [6.07, 6.45) is 0.890. The number of rotatable bonds is 8. The molecule has 0 spiro atoms. The highest BCUT2D eigenvalue weighted by Gasteiger charge is 2.17. The van der Waals surface area contributed by atoms with Crippen molar-refractivity contribution < 1.29 is 8.42 Å². The first kappa shape index (κ1) is 23.9. The van der Waals surface area contributed by atoms with Crippen molar-refractivity contribution in [2.45, 2.75) is 57.9 Å². The van der Waals surface area contributed by atoms with E-state index in [4.69, 9.17) is 0 Å². The number of guanidine groups is 1. The van der Waals surface area contributed by atoms with Gasteiger partial charge >= 0.3 is 0 Å². The molecule has 0 saturated carbocycles. The lowest BCUT2D eigenvalue weighted by Crippen LogP contribution is -2.40. The molecule has 0 amide bonds. The van der Waals surface area contributed by atoms with Gasteiger partial charge in [0.15, 0.2) is 15.8 Å². The molecule has 0 saturated heterocycles. The maximum Gasteiger partial charge on any atom is 0.191 e. The number of aromatic nitrogens is 2. The molecular weight excluding hydrogens is 398 g/mol. The lowest BCUT2D eigenvalue weighted by atomic mass is 9.87. The number of hydrogen-bond acceptors (Lipinski definition) is 4. The Balaban J connectivity index is 1.78. The Morgan fingerprint density at radius 3 is 2.27 bits per heavy atom. The van der Waals surface area contributed by atoms with Crippen LogP contribution in [0, 0.1) is 13.8 Å². The normalized spacial score (nSPS) is 12.8. The molecule has 0 aliphatic heterocycles. The van der Waals surface area contributed by atoms with Gasteiger partial charge in [0.05, 0.1) is 16.3 Å². The first-order valence-corrected chi connectivity index (χ1v) is 12.0. The maximum absolute atomic E-state index is 12.6. The molecule has 0 aliphatic carbocycles. The molecule has 7 nitrogen and oxygen atoms in total. The van der Waals surface area contributed by atoms with Crippen LogP contribution in [0.2, 0.25) is 0 Å².